The number of H-pyrrole nitrogens is 1. The molecule has 10 heteroatoms. The van der Waals surface area contributed by atoms with Gasteiger partial charge in [0.1, 0.15) is 42.1 Å². The van der Waals surface area contributed by atoms with Crippen LogP contribution >= 0.6 is 0 Å². The summed E-state index contributed by atoms with van der Waals surface area (Å²) >= 11 is 0. The highest BCUT2D eigenvalue weighted by atomic mass is 16.7. The fraction of sp³-hybridized carbons (Fsp3) is 0.622. The molecule has 6 rings (SSSR count). The number of aromatic nitrogens is 1. The van der Waals surface area contributed by atoms with Crippen LogP contribution in [0.1, 0.15) is 83.1 Å². The maximum atomic E-state index is 14.3. The molecule has 0 saturated carbocycles. The van der Waals surface area contributed by atoms with Gasteiger partial charge in [-0.05, 0) is 67.7 Å². The minimum absolute atomic E-state index is 0.0237. The van der Waals surface area contributed by atoms with E-state index < -0.39 is 47.6 Å². The zero-order chi connectivity index (χ0) is 33.3. The van der Waals surface area contributed by atoms with E-state index in [2.05, 4.69) is 44.8 Å². The predicted octanol–water partition coefficient (Wildman–Crippen LogP) is 5.09. The Labute approximate surface area is 276 Å². The largest absolute Gasteiger partial charge is 0.462 e. The van der Waals surface area contributed by atoms with Crippen LogP contribution in [0, 0.1) is 17.8 Å². The van der Waals surface area contributed by atoms with Crippen LogP contribution in [0.4, 0.5) is 0 Å². The number of fused-ring (bicyclic) bond motifs is 2. The Balaban J connectivity index is 1.34. The first kappa shape index (κ1) is 33.9. The number of aromatic amines is 1. The maximum absolute atomic E-state index is 14.3. The number of hydrogen-bond acceptors (Lipinski definition) is 9. The summed E-state index contributed by atoms with van der Waals surface area (Å²) in [6.45, 7) is 8.32. The molecule has 1 aromatic heterocycles. The van der Waals surface area contributed by atoms with Gasteiger partial charge in [0.15, 0.2) is 5.79 Å². The van der Waals surface area contributed by atoms with Crippen molar-refractivity contribution in [2.75, 3.05) is 13.2 Å². The van der Waals surface area contributed by atoms with Crippen molar-refractivity contribution in [3.8, 4) is 0 Å². The topological polar surface area (TPSA) is 137 Å². The molecule has 2 bridgehead atoms. The molecule has 1 aromatic rings. The molecule has 5 aliphatic rings. The second-order valence-corrected chi connectivity index (χ2v) is 14.2. The summed E-state index contributed by atoms with van der Waals surface area (Å²) in [5.41, 5.74) is 0.380. The van der Waals surface area contributed by atoms with Gasteiger partial charge in [-0.2, -0.15) is 0 Å². The zero-order valence-electron chi connectivity index (χ0n) is 27.9. The Bertz CT molecular complexity index is 1430. The second kappa shape index (κ2) is 13.8. The van der Waals surface area contributed by atoms with Crippen molar-refractivity contribution >= 4 is 11.9 Å². The molecular weight excluding hydrogens is 602 g/mol. The van der Waals surface area contributed by atoms with Crippen molar-refractivity contribution in [3.05, 3.63) is 71.1 Å². The number of aliphatic hydroxyl groups excluding tert-OH is 1. The average molecular weight is 652 g/mol. The highest BCUT2D eigenvalue weighted by Gasteiger charge is 2.60. The SMILES string of the molecule is CCC1OC2(CCC1C)CC1CC(C/C=C(\C)CC(C)/C=C/C=C3\COC4C(O)C(COC(=O)c5ccc[nH]5)=CC(C(=O)O1)C34O)O2. The van der Waals surface area contributed by atoms with Gasteiger partial charge in [0, 0.05) is 25.5 Å². The number of carbonyl (C=O) groups excluding carboxylic acids is 2. The summed E-state index contributed by atoms with van der Waals surface area (Å²) in [5.74, 6) is -2.69. The van der Waals surface area contributed by atoms with Gasteiger partial charge < -0.3 is 38.9 Å². The molecule has 1 spiro atoms. The van der Waals surface area contributed by atoms with Crippen LogP contribution in [0.25, 0.3) is 0 Å². The molecule has 3 fully saturated rings. The first-order valence-electron chi connectivity index (χ1n) is 17.1. The summed E-state index contributed by atoms with van der Waals surface area (Å²) in [7, 11) is 0. The van der Waals surface area contributed by atoms with Crippen molar-refractivity contribution in [3.63, 3.8) is 0 Å². The van der Waals surface area contributed by atoms with Crippen molar-refractivity contribution in [2.45, 2.75) is 115 Å². The molecule has 0 amide bonds. The number of hydrogen-bond donors (Lipinski definition) is 3. The highest BCUT2D eigenvalue weighted by Crippen LogP contribution is 2.47. The van der Waals surface area contributed by atoms with E-state index in [1.165, 1.54) is 11.6 Å². The third kappa shape index (κ3) is 6.94. The molecule has 0 aromatic carbocycles. The summed E-state index contributed by atoms with van der Waals surface area (Å²) in [5, 5.41) is 23.7. The Hall–Kier alpha value is -3.02. The van der Waals surface area contributed by atoms with Gasteiger partial charge in [-0.1, -0.05) is 56.7 Å². The Morgan fingerprint density at radius 2 is 2.04 bits per heavy atom. The summed E-state index contributed by atoms with van der Waals surface area (Å²) in [6, 6.07) is 3.27. The van der Waals surface area contributed by atoms with Gasteiger partial charge in [-0.3, -0.25) is 4.79 Å². The lowest BCUT2D eigenvalue weighted by atomic mass is 9.70. The third-order valence-electron chi connectivity index (χ3n) is 10.6. The van der Waals surface area contributed by atoms with Crippen molar-refractivity contribution in [1.29, 1.82) is 0 Å². The van der Waals surface area contributed by atoms with Crippen molar-refractivity contribution in [2.24, 2.45) is 17.8 Å². The van der Waals surface area contributed by atoms with Crippen LogP contribution in [0.3, 0.4) is 0 Å². The Morgan fingerprint density at radius 1 is 1.21 bits per heavy atom. The van der Waals surface area contributed by atoms with Gasteiger partial charge in [0.25, 0.3) is 0 Å². The number of allylic oxidation sites excluding steroid dienone is 4. The van der Waals surface area contributed by atoms with Crippen molar-refractivity contribution < 1.29 is 43.5 Å². The van der Waals surface area contributed by atoms with Crippen LogP contribution in [0.2, 0.25) is 0 Å². The third-order valence-corrected chi connectivity index (χ3v) is 10.6. The van der Waals surface area contributed by atoms with E-state index >= 15 is 0 Å². The van der Waals surface area contributed by atoms with Crippen LogP contribution in [-0.4, -0.2) is 82.3 Å². The molecule has 10 unspecified atom stereocenters. The molecule has 10 atom stereocenters. The number of ether oxygens (including phenoxy) is 5. The van der Waals surface area contributed by atoms with Gasteiger partial charge in [0.2, 0.25) is 0 Å². The first-order valence-corrected chi connectivity index (χ1v) is 17.1. The highest BCUT2D eigenvalue weighted by molar-refractivity contribution is 5.87. The Morgan fingerprint density at radius 3 is 2.81 bits per heavy atom. The summed E-state index contributed by atoms with van der Waals surface area (Å²) in [4.78, 5) is 29.7. The van der Waals surface area contributed by atoms with E-state index in [0.717, 1.165) is 19.3 Å². The first-order chi connectivity index (χ1) is 22.5. The number of carbonyl (C=O) groups is 2. The predicted molar refractivity (Wildman–Crippen MR) is 173 cm³/mol. The van der Waals surface area contributed by atoms with Gasteiger partial charge >= 0.3 is 11.9 Å². The van der Waals surface area contributed by atoms with Crippen LogP contribution in [-0.2, 0) is 28.5 Å². The molecular formula is C37H49NO9. The van der Waals surface area contributed by atoms with E-state index in [1.54, 1.807) is 24.4 Å². The smallest absolute Gasteiger partial charge is 0.355 e. The van der Waals surface area contributed by atoms with Gasteiger partial charge in [-0.15, -0.1) is 0 Å². The fourth-order valence-corrected chi connectivity index (χ4v) is 7.95. The lowest BCUT2D eigenvalue weighted by molar-refractivity contribution is -0.335. The van der Waals surface area contributed by atoms with Gasteiger partial charge in [0.05, 0.1) is 18.8 Å². The number of aliphatic hydroxyl groups is 2. The standard InChI is InChI=1S/C37H49NO9/c1-5-31-24(4)13-14-36(47-31)19-28-18-27(46-36)12-11-23(3)16-22(2)8-6-9-26-21-43-33-32(39)25(17-29(34(40)45-28)37(26,33)42)20-44-35(41)30-10-7-15-38-30/h6-11,15,17,22,24,27-29,31-33,38-39,42H,5,12-14,16,18-21H2,1-4H3/b8-6+,23-11+,26-9+. The normalized spacial score (nSPS) is 42.3. The molecule has 3 N–H and O–H groups in total. The molecule has 3 saturated heterocycles. The molecule has 47 heavy (non-hydrogen) atoms. The van der Waals surface area contributed by atoms with Gasteiger partial charge in [-0.25, -0.2) is 4.79 Å². The minimum atomic E-state index is -1.86. The average Bonchev–Trinajstić information content (AvgIpc) is 3.69. The lowest BCUT2D eigenvalue weighted by Crippen LogP contribution is -2.58. The maximum Gasteiger partial charge on any atom is 0.355 e. The fourth-order valence-electron chi connectivity index (χ4n) is 7.95. The molecule has 0 radical (unpaired) electrons. The van der Waals surface area contributed by atoms with E-state index in [1.807, 2.05) is 6.08 Å². The lowest BCUT2D eigenvalue weighted by Gasteiger charge is -2.50. The number of nitrogens with one attached hydrogen (secondary N) is 1. The molecule has 4 aliphatic heterocycles. The summed E-state index contributed by atoms with van der Waals surface area (Å²) in [6.07, 6.45) is 12.8. The van der Waals surface area contributed by atoms with Crippen LogP contribution < -0.4 is 0 Å². The number of rotatable bonds is 4. The number of esters is 2. The van der Waals surface area contributed by atoms with E-state index in [-0.39, 0.29) is 42.6 Å². The molecule has 1 aliphatic carbocycles. The second-order valence-electron chi connectivity index (χ2n) is 14.2. The van der Waals surface area contributed by atoms with E-state index in [0.29, 0.717) is 37.2 Å². The monoisotopic (exact) mass is 651 g/mol. The minimum Gasteiger partial charge on any atom is -0.462 e. The Kier molecular flexibility index (Phi) is 9.97. The van der Waals surface area contributed by atoms with Crippen molar-refractivity contribution in [1.82, 2.24) is 4.98 Å². The molecule has 10 nitrogen and oxygen atoms in total. The van der Waals surface area contributed by atoms with E-state index in [4.69, 9.17) is 23.7 Å². The zero-order valence-corrected chi connectivity index (χ0v) is 27.9. The molecule has 5 heterocycles. The molecule has 256 valence electrons. The summed E-state index contributed by atoms with van der Waals surface area (Å²) < 4.78 is 31.2. The quantitative estimate of drug-likeness (QED) is 0.301. The van der Waals surface area contributed by atoms with E-state index in [9.17, 15) is 19.8 Å². The van der Waals surface area contributed by atoms with Crippen LogP contribution in [0.5, 0.6) is 0 Å². The van der Waals surface area contributed by atoms with Crippen LogP contribution in [0.15, 0.2) is 65.4 Å².